The van der Waals surface area contributed by atoms with Gasteiger partial charge in [-0.1, -0.05) is 29.8 Å². The number of fused-ring (bicyclic) bond motifs is 1. The molecule has 0 bridgehead atoms. The maximum atomic E-state index is 14.8. The number of hydrogen-bond acceptors (Lipinski definition) is 3. The van der Waals surface area contributed by atoms with Crippen LogP contribution in [0.15, 0.2) is 46.1 Å². The molecule has 4 rings (SSSR count). The Morgan fingerprint density at radius 2 is 1.75 bits per heavy atom. The number of Topliss-reactive ketones (excluding diaryl/α,β-unsaturated/α-hetero) is 1. The Morgan fingerprint density at radius 1 is 1.07 bits per heavy atom. The van der Waals surface area contributed by atoms with Crippen LogP contribution in [-0.4, -0.2) is 5.78 Å². The van der Waals surface area contributed by atoms with Gasteiger partial charge in [-0.25, -0.2) is 4.39 Å². The molecule has 5 heteroatoms. The number of nitrogens with one attached hydrogen (secondary N) is 2. The Hall–Kier alpha value is -2.14. The zero-order chi connectivity index (χ0) is 20.2. The van der Waals surface area contributed by atoms with E-state index in [-0.39, 0.29) is 17.0 Å². The average molecular weight is 443 g/mol. The van der Waals surface area contributed by atoms with Crippen molar-refractivity contribution in [1.29, 1.82) is 0 Å². The molecule has 146 valence electrons. The summed E-state index contributed by atoms with van der Waals surface area (Å²) in [6.45, 7) is 8.33. The summed E-state index contributed by atoms with van der Waals surface area (Å²) in [4.78, 5) is 13.2. The van der Waals surface area contributed by atoms with E-state index < -0.39 is 6.04 Å². The molecule has 1 aliphatic heterocycles. The fourth-order valence-electron chi connectivity index (χ4n) is 4.18. The van der Waals surface area contributed by atoms with Crippen LogP contribution in [0.5, 0.6) is 0 Å². The van der Waals surface area contributed by atoms with Crippen LogP contribution in [0.2, 0.25) is 0 Å². The molecular weight excluding hydrogens is 419 g/mol. The number of aryl methyl sites for hydroxylation is 2. The number of halogens is 2. The number of rotatable bonds is 1. The number of allylic oxidation sites excluding steroid dienone is 1. The van der Waals surface area contributed by atoms with Crippen molar-refractivity contribution in [3.8, 4) is 0 Å². The molecule has 0 saturated carbocycles. The summed E-state index contributed by atoms with van der Waals surface area (Å²) in [5.74, 6) is -0.255. The van der Waals surface area contributed by atoms with E-state index in [0.29, 0.717) is 17.6 Å². The van der Waals surface area contributed by atoms with Crippen molar-refractivity contribution in [3.05, 3.63) is 68.6 Å². The Labute approximate surface area is 173 Å². The highest BCUT2D eigenvalue weighted by atomic mass is 79.9. The maximum Gasteiger partial charge on any atom is 0.163 e. The second-order valence-electron chi connectivity index (χ2n) is 8.68. The molecule has 2 aromatic rings. The molecule has 2 aromatic carbocycles. The molecule has 0 spiro atoms. The molecule has 1 aliphatic carbocycles. The van der Waals surface area contributed by atoms with Gasteiger partial charge < -0.3 is 10.6 Å². The zero-order valence-corrected chi connectivity index (χ0v) is 18.1. The van der Waals surface area contributed by atoms with Crippen LogP contribution < -0.4 is 10.6 Å². The number of benzene rings is 2. The van der Waals surface area contributed by atoms with E-state index >= 15 is 0 Å². The van der Waals surface area contributed by atoms with E-state index in [1.807, 2.05) is 0 Å². The lowest BCUT2D eigenvalue weighted by Gasteiger charge is -2.34. The largest absolute Gasteiger partial charge is 0.372 e. The summed E-state index contributed by atoms with van der Waals surface area (Å²) >= 11 is 3.45. The Kier molecular flexibility index (Phi) is 4.61. The molecule has 1 atom stereocenters. The second-order valence-corrected chi connectivity index (χ2v) is 9.60. The highest BCUT2D eigenvalue weighted by molar-refractivity contribution is 9.10. The predicted octanol–water partition coefficient (Wildman–Crippen LogP) is 6.43. The van der Waals surface area contributed by atoms with Gasteiger partial charge in [-0.05, 0) is 67.1 Å². The fourth-order valence-corrected chi connectivity index (χ4v) is 4.56. The first kappa shape index (κ1) is 19.2. The highest BCUT2D eigenvalue weighted by Crippen LogP contribution is 2.46. The molecule has 0 amide bonds. The SMILES string of the molecule is Cc1cc2c(cc1C)N[C@H](c1cc(Br)ccc1F)C1=C(CC(C)(C)CC1=O)N2. The standard InChI is InChI=1S/C23H24BrFN2O/c1-12-7-17-18(8-13(12)2)27-22(15-9-14(24)5-6-16(15)25)21-19(26-17)10-23(3,4)11-20(21)28/h5-9,22,26-27H,10-11H2,1-4H3/t22-/m1/s1. The number of hydrogen-bond donors (Lipinski definition) is 2. The van der Waals surface area contributed by atoms with Crippen molar-refractivity contribution in [2.75, 3.05) is 10.6 Å². The first-order chi connectivity index (χ1) is 13.1. The molecule has 2 aliphatic rings. The van der Waals surface area contributed by atoms with Crippen LogP contribution in [0.1, 0.15) is 49.4 Å². The van der Waals surface area contributed by atoms with Crippen molar-refractivity contribution in [2.24, 2.45) is 5.41 Å². The van der Waals surface area contributed by atoms with Crippen LogP contribution in [-0.2, 0) is 4.79 Å². The van der Waals surface area contributed by atoms with Crippen molar-refractivity contribution in [1.82, 2.24) is 0 Å². The fraction of sp³-hybridized carbons (Fsp3) is 0.348. The predicted molar refractivity (Wildman–Crippen MR) is 115 cm³/mol. The third kappa shape index (κ3) is 3.37. The summed E-state index contributed by atoms with van der Waals surface area (Å²) in [5, 5.41) is 6.98. The number of carbonyl (C=O) groups excluding carboxylic acids is 1. The van der Waals surface area contributed by atoms with Gasteiger partial charge in [0, 0.05) is 27.7 Å². The Balaban J connectivity index is 1.95. The quantitative estimate of drug-likeness (QED) is 0.534. The average Bonchev–Trinajstić information content (AvgIpc) is 2.73. The minimum absolute atomic E-state index is 0.0666. The molecule has 0 aromatic heterocycles. The second kappa shape index (κ2) is 6.73. The minimum atomic E-state index is -0.535. The molecule has 0 radical (unpaired) electrons. The lowest BCUT2D eigenvalue weighted by molar-refractivity contribution is -0.118. The highest BCUT2D eigenvalue weighted by Gasteiger charge is 2.39. The molecule has 3 nitrogen and oxygen atoms in total. The number of carbonyl (C=O) groups is 1. The van der Waals surface area contributed by atoms with Crippen molar-refractivity contribution in [3.63, 3.8) is 0 Å². The molecule has 0 fully saturated rings. The summed E-state index contributed by atoms with van der Waals surface area (Å²) < 4.78 is 15.6. The third-order valence-corrected chi connectivity index (χ3v) is 6.19. The molecule has 1 heterocycles. The van der Waals surface area contributed by atoms with E-state index in [0.717, 1.165) is 33.5 Å². The van der Waals surface area contributed by atoms with Crippen LogP contribution in [0.3, 0.4) is 0 Å². The minimum Gasteiger partial charge on any atom is -0.372 e. The van der Waals surface area contributed by atoms with E-state index in [2.05, 4.69) is 66.4 Å². The molecule has 2 N–H and O–H groups in total. The smallest absolute Gasteiger partial charge is 0.163 e. The number of ketones is 1. The monoisotopic (exact) mass is 442 g/mol. The maximum absolute atomic E-state index is 14.8. The van der Waals surface area contributed by atoms with E-state index in [1.54, 1.807) is 12.1 Å². The van der Waals surface area contributed by atoms with Crippen molar-refractivity contribution in [2.45, 2.75) is 46.6 Å². The summed E-state index contributed by atoms with van der Waals surface area (Å²) in [6, 6.07) is 8.50. The van der Waals surface area contributed by atoms with Gasteiger partial charge in [-0.3, -0.25) is 4.79 Å². The molecule has 0 unspecified atom stereocenters. The van der Waals surface area contributed by atoms with Crippen molar-refractivity contribution >= 4 is 33.1 Å². The lowest BCUT2D eigenvalue weighted by atomic mass is 9.73. The van der Waals surface area contributed by atoms with Crippen LogP contribution in [0.25, 0.3) is 0 Å². The summed E-state index contributed by atoms with van der Waals surface area (Å²) in [7, 11) is 0. The van der Waals surface area contributed by atoms with E-state index in [4.69, 9.17) is 0 Å². The molecular formula is C23H24BrFN2O. The molecule has 0 saturated heterocycles. The molecule has 28 heavy (non-hydrogen) atoms. The Morgan fingerprint density at radius 3 is 2.46 bits per heavy atom. The van der Waals surface area contributed by atoms with Crippen LogP contribution >= 0.6 is 15.9 Å². The van der Waals surface area contributed by atoms with Gasteiger partial charge >= 0.3 is 0 Å². The topological polar surface area (TPSA) is 41.1 Å². The van der Waals surface area contributed by atoms with Crippen molar-refractivity contribution < 1.29 is 9.18 Å². The first-order valence-corrected chi connectivity index (χ1v) is 10.3. The summed E-state index contributed by atoms with van der Waals surface area (Å²) in [5.41, 5.74) is 6.00. The summed E-state index contributed by atoms with van der Waals surface area (Å²) in [6.07, 6.45) is 1.20. The number of anilines is 2. The third-order valence-electron chi connectivity index (χ3n) is 5.70. The van der Waals surface area contributed by atoms with Gasteiger partial charge in [-0.2, -0.15) is 0 Å². The van der Waals surface area contributed by atoms with Gasteiger partial charge in [-0.15, -0.1) is 0 Å². The van der Waals surface area contributed by atoms with Gasteiger partial charge in [0.25, 0.3) is 0 Å². The van der Waals surface area contributed by atoms with Gasteiger partial charge in [0.2, 0.25) is 0 Å². The zero-order valence-electron chi connectivity index (χ0n) is 16.5. The van der Waals surface area contributed by atoms with E-state index in [9.17, 15) is 9.18 Å². The van der Waals surface area contributed by atoms with E-state index in [1.165, 1.54) is 11.6 Å². The van der Waals surface area contributed by atoms with Crippen LogP contribution in [0, 0.1) is 25.1 Å². The van der Waals surface area contributed by atoms with Gasteiger partial charge in [0.1, 0.15) is 5.82 Å². The first-order valence-electron chi connectivity index (χ1n) is 9.51. The normalized spacial score (nSPS) is 20.6. The van der Waals surface area contributed by atoms with Gasteiger partial charge in [0.15, 0.2) is 5.78 Å². The Bertz CT molecular complexity index is 1030. The van der Waals surface area contributed by atoms with Gasteiger partial charge in [0.05, 0.1) is 17.4 Å². The lowest BCUT2D eigenvalue weighted by Crippen LogP contribution is -2.31. The van der Waals surface area contributed by atoms with Crippen LogP contribution in [0.4, 0.5) is 15.8 Å².